The van der Waals surface area contributed by atoms with Crippen molar-refractivity contribution in [3.8, 4) is 0 Å². The van der Waals surface area contributed by atoms with Crippen molar-refractivity contribution in [2.75, 3.05) is 13.7 Å². The Hall–Kier alpha value is -1.39. The molecular weight excluding hydrogens is 318 g/mol. The highest BCUT2D eigenvalue weighted by Gasteiger charge is 2.27. The minimum Gasteiger partial charge on any atom is -0.394 e. The molecule has 0 saturated heterocycles. The van der Waals surface area contributed by atoms with Gasteiger partial charge in [0, 0.05) is 17.1 Å². The first kappa shape index (κ1) is 15.0. The van der Waals surface area contributed by atoms with Gasteiger partial charge in [-0.25, -0.2) is 0 Å². The Labute approximate surface area is 127 Å². The molecule has 0 heterocycles. The molecule has 2 aromatic rings. The fourth-order valence-electron chi connectivity index (χ4n) is 1.92. The van der Waals surface area contributed by atoms with Gasteiger partial charge in [0.05, 0.1) is 12.1 Å². The molecule has 0 aliphatic rings. The number of hydrogen-bond acceptors (Lipinski definition) is 2. The number of aliphatic hydroxyl groups is 1. The maximum Gasteiger partial charge on any atom is 0.254 e. The molecule has 0 saturated carbocycles. The zero-order valence-corrected chi connectivity index (χ0v) is 13.4. The van der Waals surface area contributed by atoms with Gasteiger partial charge in [-0.2, -0.15) is 0 Å². The summed E-state index contributed by atoms with van der Waals surface area (Å²) in [6.07, 6.45) is 0. The summed E-state index contributed by atoms with van der Waals surface area (Å²) in [7, 11) is 1.71. The first-order chi connectivity index (χ1) is 9.35. The molecule has 1 amide bonds. The van der Waals surface area contributed by atoms with Crippen molar-refractivity contribution >= 4 is 32.6 Å². The summed E-state index contributed by atoms with van der Waals surface area (Å²) in [5.74, 6) is -0.0890. The van der Waals surface area contributed by atoms with E-state index in [-0.39, 0.29) is 12.5 Å². The first-order valence-electron chi connectivity index (χ1n) is 6.43. The highest BCUT2D eigenvalue weighted by atomic mass is 79.9. The first-order valence-corrected chi connectivity index (χ1v) is 7.23. The summed E-state index contributed by atoms with van der Waals surface area (Å²) >= 11 is 3.44. The van der Waals surface area contributed by atoms with Gasteiger partial charge in [0.2, 0.25) is 0 Å². The zero-order chi connectivity index (χ0) is 14.9. The smallest absolute Gasteiger partial charge is 0.254 e. The predicted octanol–water partition coefficient (Wildman–Crippen LogP) is 3.45. The number of fused-ring (bicyclic) bond motifs is 1. The summed E-state index contributed by atoms with van der Waals surface area (Å²) in [6.45, 7) is 3.60. The van der Waals surface area contributed by atoms with Gasteiger partial charge >= 0.3 is 0 Å². The molecule has 0 unspecified atom stereocenters. The van der Waals surface area contributed by atoms with Crippen molar-refractivity contribution in [3.63, 3.8) is 0 Å². The number of likely N-dealkylation sites (N-methyl/N-ethyl adjacent to an activating group) is 1. The quantitative estimate of drug-likeness (QED) is 0.933. The number of rotatable bonds is 3. The second kappa shape index (κ2) is 5.54. The molecule has 106 valence electrons. The van der Waals surface area contributed by atoms with Crippen molar-refractivity contribution in [1.82, 2.24) is 4.90 Å². The van der Waals surface area contributed by atoms with Gasteiger partial charge in [-0.1, -0.05) is 28.1 Å². The van der Waals surface area contributed by atoms with Crippen LogP contribution in [-0.4, -0.2) is 35.1 Å². The molecule has 4 heteroatoms. The van der Waals surface area contributed by atoms with Crippen LogP contribution in [0.5, 0.6) is 0 Å². The van der Waals surface area contributed by atoms with E-state index in [4.69, 9.17) is 0 Å². The molecule has 0 atom stereocenters. The van der Waals surface area contributed by atoms with Crippen molar-refractivity contribution in [2.45, 2.75) is 19.4 Å². The normalized spacial score (nSPS) is 11.7. The van der Waals surface area contributed by atoms with Gasteiger partial charge in [0.15, 0.2) is 0 Å². The third kappa shape index (κ3) is 2.86. The van der Waals surface area contributed by atoms with E-state index in [1.165, 1.54) is 0 Å². The molecule has 0 bridgehead atoms. The van der Waals surface area contributed by atoms with Gasteiger partial charge < -0.3 is 10.0 Å². The van der Waals surface area contributed by atoms with E-state index < -0.39 is 5.54 Å². The van der Waals surface area contributed by atoms with Crippen molar-refractivity contribution in [3.05, 3.63) is 46.4 Å². The van der Waals surface area contributed by atoms with Gasteiger partial charge in [0.1, 0.15) is 0 Å². The Bertz CT molecular complexity index is 652. The monoisotopic (exact) mass is 335 g/mol. The van der Waals surface area contributed by atoms with Gasteiger partial charge in [-0.15, -0.1) is 0 Å². The lowest BCUT2D eigenvalue weighted by molar-refractivity contribution is 0.0473. The fraction of sp³-hybridized carbons (Fsp3) is 0.312. The van der Waals surface area contributed by atoms with E-state index in [9.17, 15) is 9.90 Å². The highest BCUT2D eigenvalue weighted by Crippen LogP contribution is 2.23. The van der Waals surface area contributed by atoms with Crippen LogP contribution in [0.4, 0.5) is 0 Å². The minimum atomic E-state index is -0.578. The predicted molar refractivity (Wildman–Crippen MR) is 84.9 cm³/mol. The van der Waals surface area contributed by atoms with Crippen LogP contribution in [0.3, 0.4) is 0 Å². The van der Waals surface area contributed by atoms with E-state index in [1.54, 1.807) is 11.9 Å². The Kier molecular flexibility index (Phi) is 4.16. The molecule has 0 spiro atoms. The third-order valence-corrected chi connectivity index (χ3v) is 4.14. The second-order valence-electron chi connectivity index (χ2n) is 5.54. The number of carbonyl (C=O) groups is 1. The lowest BCUT2D eigenvalue weighted by Crippen LogP contribution is -2.47. The number of benzene rings is 2. The van der Waals surface area contributed by atoms with Crippen LogP contribution in [0.25, 0.3) is 10.8 Å². The zero-order valence-electron chi connectivity index (χ0n) is 11.9. The molecule has 0 aliphatic carbocycles. The largest absolute Gasteiger partial charge is 0.394 e. The van der Waals surface area contributed by atoms with Crippen LogP contribution in [0.15, 0.2) is 40.9 Å². The number of carbonyl (C=O) groups excluding carboxylic acids is 1. The van der Waals surface area contributed by atoms with Gasteiger partial charge in [-0.3, -0.25) is 4.79 Å². The maximum atomic E-state index is 12.5. The number of aliphatic hydroxyl groups excluding tert-OH is 1. The highest BCUT2D eigenvalue weighted by molar-refractivity contribution is 9.10. The lowest BCUT2D eigenvalue weighted by atomic mass is 10.0. The summed E-state index contributed by atoms with van der Waals surface area (Å²) in [5.41, 5.74) is 0.0509. The maximum absolute atomic E-state index is 12.5. The Morgan fingerprint density at radius 2 is 1.80 bits per heavy atom. The minimum absolute atomic E-state index is 0.0736. The molecule has 0 aliphatic heterocycles. The SMILES string of the molecule is CN(C(=O)c1ccc2cc(Br)ccc2c1)C(C)(C)CO. The molecule has 2 rings (SSSR count). The van der Waals surface area contributed by atoms with Crippen LogP contribution in [0.1, 0.15) is 24.2 Å². The van der Waals surface area contributed by atoms with E-state index in [2.05, 4.69) is 15.9 Å². The molecule has 0 aromatic heterocycles. The van der Waals surface area contributed by atoms with E-state index in [0.717, 1.165) is 15.2 Å². The fourth-order valence-corrected chi connectivity index (χ4v) is 2.30. The summed E-state index contributed by atoms with van der Waals surface area (Å²) in [4.78, 5) is 14.0. The molecular formula is C16H18BrNO2. The van der Waals surface area contributed by atoms with Crippen LogP contribution in [-0.2, 0) is 0 Å². The summed E-state index contributed by atoms with van der Waals surface area (Å²) in [6, 6.07) is 11.6. The Balaban J connectivity index is 2.38. The van der Waals surface area contributed by atoms with Crippen LogP contribution in [0.2, 0.25) is 0 Å². The third-order valence-electron chi connectivity index (χ3n) is 3.65. The van der Waals surface area contributed by atoms with Crippen molar-refractivity contribution in [1.29, 1.82) is 0 Å². The lowest BCUT2D eigenvalue weighted by Gasteiger charge is -2.34. The molecule has 3 nitrogen and oxygen atoms in total. The average molecular weight is 336 g/mol. The summed E-state index contributed by atoms with van der Waals surface area (Å²) in [5, 5.41) is 11.5. The van der Waals surface area contributed by atoms with E-state index in [1.807, 2.05) is 50.2 Å². The number of amides is 1. The topological polar surface area (TPSA) is 40.5 Å². The molecule has 20 heavy (non-hydrogen) atoms. The Morgan fingerprint density at radius 1 is 1.20 bits per heavy atom. The molecule has 1 N–H and O–H groups in total. The number of halogens is 1. The van der Waals surface area contributed by atoms with Crippen LogP contribution in [0, 0.1) is 0 Å². The van der Waals surface area contributed by atoms with E-state index >= 15 is 0 Å². The number of hydrogen-bond donors (Lipinski definition) is 1. The van der Waals surface area contributed by atoms with Crippen molar-refractivity contribution in [2.24, 2.45) is 0 Å². The van der Waals surface area contributed by atoms with Gasteiger partial charge in [-0.05, 0) is 48.9 Å². The summed E-state index contributed by atoms with van der Waals surface area (Å²) < 4.78 is 1.02. The molecule has 2 aromatic carbocycles. The van der Waals surface area contributed by atoms with Crippen LogP contribution < -0.4 is 0 Å². The molecule has 0 radical (unpaired) electrons. The van der Waals surface area contributed by atoms with Crippen LogP contribution >= 0.6 is 15.9 Å². The van der Waals surface area contributed by atoms with E-state index in [0.29, 0.717) is 5.56 Å². The van der Waals surface area contributed by atoms with Gasteiger partial charge in [0.25, 0.3) is 5.91 Å². The average Bonchev–Trinajstić information content (AvgIpc) is 2.45. The Morgan fingerprint density at radius 3 is 2.45 bits per heavy atom. The number of nitrogens with zero attached hydrogens (tertiary/aromatic N) is 1. The second-order valence-corrected chi connectivity index (χ2v) is 6.46. The standard InChI is InChI=1S/C16H18BrNO2/c1-16(2,10-19)18(3)15(20)13-5-4-12-9-14(17)7-6-11(12)8-13/h4-9,19H,10H2,1-3H3. The van der Waals surface area contributed by atoms with Crippen molar-refractivity contribution < 1.29 is 9.90 Å². The molecule has 0 fully saturated rings.